The van der Waals surface area contributed by atoms with E-state index >= 15 is 0 Å². The number of nitrogens with zero attached hydrogens (tertiary/aromatic N) is 2. The highest BCUT2D eigenvalue weighted by Gasteiger charge is 2.13. The molecule has 30 heavy (non-hydrogen) atoms. The van der Waals surface area contributed by atoms with Crippen molar-refractivity contribution in [2.75, 3.05) is 25.5 Å². The topological polar surface area (TPSA) is 81.8 Å². The Morgan fingerprint density at radius 2 is 1.60 bits per heavy atom. The number of anilines is 1. The van der Waals surface area contributed by atoms with Crippen molar-refractivity contribution in [3.63, 3.8) is 0 Å². The van der Waals surface area contributed by atoms with Gasteiger partial charge in [0, 0.05) is 52.3 Å². The number of benzene rings is 2. The van der Waals surface area contributed by atoms with Gasteiger partial charge in [0.05, 0.1) is 0 Å². The van der Waals surface area contributed by atoms with Crippen molar-refractivity contribution < 1.29 is 14.4 Å². The third kappa shape index (κ3) is 7.24. The van der Waals surface area contributed by atoms with Crippen LogP contribution < -0.4 is 10.6 Å². The lowest BCUT2D eigenvalue weighted by atomic mass is 10.1. The van der Waals surface area contributed by atoms with E-state index in [2.05, 4.69) is 10.6 Å². The molecule has 0 fully saturated rings. The van der Waals surface area contributed by atoms with Crippen LogP contribution in [0.4, 0.5) is 10.5 Å². The van der Waals surface area contributed by atoms with Crippen LogP contribution in [0.3, 0.4) is 0 Å². The summed E-state index contributed by atoms with van der Waals surface area (Å²) in [5.74, 6) is -0.208. The number of para-hydroxylation sites is 1. The number of carbonyl (C=O) groups is 3. The predicted octanol–water partition coefficient (Wildman–Crippen LogP) is 3.23. The molecule has 2 N–H and O–H groups in total. The summed E-state index contributed by atoms with van der Waals surface area (Å²) in [6.45, 7) is 5.21. The van der Waals surface area contributed by atoms with Crippen molar-refractivity contribution in [2.45, 2.75) is 33.4 Å². The molecule has 0 bridgehead atoms. The van der Waals surface area contributed by atoms with Gasteiger partial charge in [0.15, 0.2) is 0 Å². The molecule has 0 radical (unpaired) electrons. The van der Waals surface area contributed by atoms with Gasteiger partial charge in [-0.2, -0.15) is 0 Å². The molecule has 0 aliphatic rings. The summed E-state index contributed by atoms with van der Waals surface area (Å²) in [4.78, 5) is 39.5. The Morgan fingerprint density at radius 1 is 0.933 bits per heavy atom. The Balaban J connectivity index is 1.82. The fourth-order valence-corrected chi connectivity index (χ4v) is 2.99. The van der Waals surface area contributed by atoms with E-state index in [9.17, 15) is 14.4 Å². The number of carbonyl (C=O) groups excluding carboxylic acids is 3. The van der Waals surface area contributed by atoms with E-state index in [0.717, 1.165) is 11.1 Å². The van der Waals surface area contributed by atoms with Crippen LogP contribution in [0.5, 0.6) is 0 Å². The number of urea groups is 1. The number of hydrogen-bond acceptors (Lipinski definition) is 3. The van der Waals surface area contributed by atoms with Gasteiger partial charge in [0.25, 0.3) is 0 Å². The summed E-state index contributed by atoms with van der Waals surface area (Å²) in [7, 11) is 1.72. The minimum absolute atomic E-state index is 0.0130. The van der Waals surface area contributed by atoms with Crippen molar-refractivity contribution in [1.82, 2.24) is 15.1 Å². The standard InChI is InChI=1S/C23H30N4O3/c1-4-27(18(2)28)17-20-12-8-9-13-21(20)25-22(29)14-15-24-23(30)26(3)16-19-10-6-5-7-11-19/h5-13H,4,14-17H2,1-3H3,(H,24,30)(H,25,29). The Morgan fingerprint density at radius 3 is 2.27 bits per heavy atom. The molecule has 0 heterocycles. The van der Waals surface area contributed by atoms with Crippen LogP contribution in [-0.4, -0.2) is 47.8 Å². The normalized spacial score (nSPS) is 10.2. The summed E-state index contributed by atoms with van der Waals surface area (Å²) in [5, 5.41) is 5.64. The molecular formula is C23H30N4O3. The van der Waals surface area contributed by atoms with Gasteiger partial charge in [-0.3, -0.25) is 9.59 Å². The summed E-state index contributed by atoms with van der Waals surface area (Å²) in [6.07, 6.45) is 0.156. The smallest absolute Gasteiger partial charge is 0.317 e. The maximum Gasteiger partial charge on any atom is 0.317 e. The van der Waals surface area contributed by atoms with E-state index in [1.165, 1.54) is 6.92 Å². The fraction of sp³-hybridized carbons (Fsp3) is 0.348. The van der Waals surface area contributed by atoms with Crippen LogP contribution in [0.25, 0.3) is 0 Å². The van der Waals surface area contributed by atoms with E-state index in [1.54, 1.807) is 16.8 Å². The van der Waals surface area contributed by atoms with Gasteiger partial charge in [-0.15, -0.1) is 0 Å². The van der Waals surface area contributed by atoms with E-state index in [-0.39, 0.29) is 30.8 Å². The second kappa shape index (κ2) is 11.6. The quantitative estimate of drug-likeness (QED) is 0.666. The molecule has 2 rings (SSSR count). The lowest BCUT2D eigenvalue weighted by Crippen LogP contribution is -2.38. The fourth-order valence-electron chi connectivity index (χ4n) is 2.99. The maximum atomic E-state index is 12.3. The van der Waals surface area contributed by atoms with Crippen LogP contribution in [0.1, 0.15) is 31.4 Å². The molecule has 0 aliphatic heterocycles. The number of rotatable bonds is 9. The van der Waals surface area contributed by atoms with Crippen LogP contribution in [0.15, 0.2) is 54.6 Å². The first-order valence-electron chi connectivity index (χ1n) is 10.1. The van der Waals surface area contributed by atoms with E-state index in [4.69, 9.17) is 0 Å². The molecule has 0 aliphatic carbocycles. The number of hydrogen-bond donors (Lipinski definition) is 2. The molecule has 0 saturated carbocycles. The molecule has 4 amide bonds. The van der Waals surface area contributed by atoms with Gasteiger partial charge in [-0.25, -0.2) is 4.79 Å². The Bertz CT molecular complexity index is 855. The zero-order chi connectivity index (χ0) is 21.9. The first-order valence-corrected chi connectivity index (χ1v) is 10.1. The summed E-state index contributed by atoms with van der Waals surface area (Å²) < 4.78 is 0. The third-order valence-corrected chi connectivity index (χ3v) is 4.72. The van der Waals surface area contributed by atoms with Crippen molar-refractivity contribution in [2.24, 2.45) is 0 Å². The van der Waals surface area contributed by atoms with Crippen molar-refractivity contribution in [3.8, 4) is 0 Å². The van der Waals surface area contributed by atoms with Crippen LogP contribution >= 0.6 is 0 Å². The van der Waals surface area contributed by atoms with Gasteiger partial charge in [0.1, 0.15) is 0 Å². The molecule has 7 nitrogen and oxygen atoms in total. The highest BCUT2D eigenvalue weighted by molar-refractivity contribution is 5.92. The molecule has 0 unspecified atom stereocenters. The lowest BCUT2D eigenvalue weighted by molar-refractivity contribution is -0.129. The zero-order valence-corrected chi connectivity index (χ0v) is 17.9. The van der Waals surface area contributed by atoms with E-state index in [0.29, 0.717) is 25.3 Å². The predicted molar refractivity (Wildman–Crippen MR) is 118 cm³/mol. The maximum absolute atomic E-state index is 12.3. The highest BCUT2D eigenvalue weighted by Crippen LogP contribution is 2.17. The number of nitrogens with one attached hydrogen (secondary N) is 2. The molecule has 7 heteroatoms. The Hall–Kier alpha value is -3.35. The van der Waals surface area contributed by atoms with Crippen molar-refractivity contribution >= 4 is 23.5 Å². The summed E-state index contributed by atoms with van der Waals surface area (Å²) >= 11 is 0. The zero-order valence-electron chi connectivity index (χ0n) is 17.9. The minimum Gasteiger partial charge on any atom is -0.339 e. The average Bonchev–Trinajstić information content (AvgIpc) is 2.73. The molecule has 0 aromatic heterocycles. The van der Waals surface area contributed by atoms with Crippen molar-refractivity contribution in [3.05, 3.63) is 65.7 Å². The molecule has 0 saturated heterocycles. The second-order valence-corrected chi connectivity index (χ2v) is 7.06. The SMILES string of the molecule is CCN(Cc1ccccc1NC(=O)CCNC(=O)N(C)Cc1ccccc1)C(C)=O. The number of amides is 4. The largest absolute Gasteiger partial charge is 0.339 e. The molecule has 0 atom stereocenters. The summed E-state index contributed by atoms with van der Waals surface area (Å²) in [5.41, 5.74) is 2.58. The molecule has 2 aromatic rings. The van der Waals surface area contributed by atoms with E-state index < -0.39 is 0 Å². The van der Waals surface area contributed by atoms with Crippen LogP contribution in [-0.2, 0) is 22.7 Å². The lowest BCUT2D eigenvalue weighted by Gasteiger charge is -2.21. The second-order valence-electron chi connectivity index (χ2n) is 7.06. The van der Waals surface area contributed by atoms with Gasteiger partial charge >= 0.3 is 6.03 Å². The first kappa shape index (κ1) is 22.9. The van der Waals surface area contributed by atoms with Gasteiger partial charge < -0.3 is 20.4 Å². The van der Waals surface area contributed by atoms with E-state index in [1.807, 2.05) is 61.5 Å². The first-order chi connectivity index (χ1) is 14.4. The van der Waals surface area contributed by atoms with Gasteiger partial charge in [-0.05, 0) is 24.1 Å². The van der Waals surface area contributed by atoms with Crippen LogP contribution in [0.2, 0.25) is 0 Å². The Labute approximate surface area is 178 Å². The molecule has 160 valence electrons. The summed E-state index contributed by atoms with van der Waals surface area (Å²) in [6, 6.07) is 16.9. The van der Waals surface area contributed by atoms with Gasteiger partial charge in [-0.1, -0.05) is 48.5 Å². The molecular weight excluding hydrogens is 380 g/mol. The minimum atomic E-state index is -0.230. The molecule has 0 spiro atoms. The highest BCUT2D eigenvalue weighted by atomic mass is 16.2. The van der Waals surface area contributed by atoms with Gasteiger partial charge in [0.2, 0.25) is 11.8 Å². The van der Waals surface area contributed by atoms with Crippen molar-refractivity contribution in [1.29, 1.82) is 0 Å². The molecule has 2 aromatic carbocycles. The van der Waals surface area contributed by atoms with Crippen LogP contribution in [0, 0.1) is 0 Å². The Kier molecular flexibility index (Phi) is 8.87. The third-order valence-electron chi connectivity index (χ3n) is 4.72. The average molecular weight is 411 g/mol. The monoisotopic (exact) mass is 410 g/mol.